The first kappa shape index (κ1) is 8.79. The highest BCUT2D eigenvalue weighted by Crippen LogP contribution is 2.25. The molecule has 2 N–H and O–H groups in total. The van der Waals surface area contributed by atoms with Crippen molar-refractivity contribution in [3.05, 3.63) is 11.6 Å². The molecular weight excluding hydrogens is 134 g/mol. The second kappa shape index (κ2) is 3.91. The Morgan fingerprint density at radius 2 is 2.45 bits per heavy atom. The predicted molar refractivity (Wildman–Crippen MR) is 49.4 cm³/mol. The third-order valence-corrected chi connectivity index (χ3v) is 2.35. The minimum Gasteiger partial charge on any atom is -0.328 e. The van der Waals surface area contributed by atoms with Gasteiger partial charge in [-0.2, -0.15) is 0 Å². The van der Waals surface area contributed by atoms with E-state index in [0.717, 1.165) is 12.3 Å². The molecule has 11 heavy (non-hydrogen) atoms. The van der Waals surface area contributed by atoms with Gasteiger partial charge in [0.05, 0.1) is 0 Å². The van der Waals surface area contributed by atoms with E-state index in [9.17, 15) is 0 Å². The zero-order chi connectivity index (χ0) is 8.27. The zero-order valence-corrected chi connectivity index (χ0v) is 7.64. The largest absolute Gasteiger partial charge is 0.328 e. The quantitative estimate of drug-likeness (QED) is 0.606. The van der Waals surface area contributed by atoms with Gasteiger partial charge in [0.2, 0.25) is 0 Å². The Balaban J connectivity index is 2.35. The average Bonchev–Trinajstić information content (AvgIpc) is 1.93. The summed E-state index contributed by atoms with van der Waals surface area (Å²) in [7, 11) is 0. The molecule has 0 aromatic carbocycles. The molecule has 0 amide bonds. The van der Waals surface area contributed by atoms with Gasteiger partial charge in [-0.15, -0.1) is 0 Å². The fourth-order valence-electron chi connectivity index (χ4n) is 1.62. The van der Waals surface area contributed by atoms with Crippen molar-refractivity contribution in [2.24, 2.45) is 11.7 Å². The van der Waals surface area contributed by atoms with E-state index in [4.69, 9.17) is 5.73 Å². The van der Waals surface area contributed by atoms with Crippen LogP contribution >= 0.6 is 0 Å². The van der Waals surface area contributed by atoms with Crippen LogP contribution < -0.4 is 5.73 Å². The minimum atomic E-state index is 0.342. The van der Waals surface area contributed by atoms with Crippen LogP contribution in [0.2, 0.25) is 0 Å². The predicted octanol–water partition coefficient (Wildman–Crippen LogP) is 2.47. The highest BCUT2D eigenvalue weighted by Gasteiger charge is 2.10. The molecule has 0 saturated carbocycles. The van der Waals surface area contributed by atoms with Gasteiger partial charge in [0.15, 0.2) is 0 Å². The summed E-state index contributed by atoms with van der Waals surface area (Å²) in [5.41, 5.74) is 7.30. The lowest BCUT2D eigenvalue weighted by Gasteiger charge is -2.19. The maximum Gasteiger partial charge on any atom is 0.00476 e. The smallest absolute Gasteiger partial charge is 0.00476 e. The monoisotopic (exact) mass is 153 g/mol. The van der Waals surface area contributed by atoms with Gasteiger partial charge < -0.3 is 5.73 Å². The molecule has 0 aromatic rings. The fraction of sp³-hybridized carbons (Fsp3) is 0.800. The van der Waals surface area contributed by atoms with Crippen LogP contribution in [0.4, 0.5) is 0 Å². The Kier molecular flexibility index (Phi) is 3.13. The van der Waals surface area contributed by atoms with Crippen LogP contribution in [-0.2, 0) is 0 Å². The van der Waals surface area contributed by atoms with E-state index in [1.54, 1.807) is 5.57 Å². The van der Waals surface area contributed by atoms with Crippen molar-refractivity contribution >= 4 is 0 Å². The highest BCUT2D eigenvalue weighted by atomic mass is 14.6. The Bertz CT molecular complexity index is 147. The van der Waals surface area contributed by atoms with Crippen LogP contribution in [0.25, 0.3) is 0 Å². The summed E-state index contributed by atoms with van der Waals surface area (Å²) in [5.74, 6) is 0.895. The second-order valence-electron chi connectivity index (χ2n) is 3.92. The molecule has 0 aromatic heterocycles. The summed E-state index contributed by atoms with van der Waals surface area (Å²) in [6, 6.07) is 0.342. The maximum absolute atomic E-state index is 5.72. The molecule has 1 heteroatoms. The van der Waals surface area contributed by atoms with Crippen molar-refractivity contribution in [1.82, 2.24) is 0 Å². The molecule has 1 aliphatic carbocycles. The Morgan fingerprint density at radius 1 is 1.73 bits per heavy atom. The van der Waals surface area contributed by atoms with Crippen LogP contribution in [0.3, 0.4) is 0 Å². The second-order valence-corrected chi connectivity index (χ2v) is 3.92. The Hall–Kier alpha value is -0.300. The molecule has 64 valence electrons. The van der Waals surface area contributed by atoms with Crippen molar-refractivity contribution in [1.29, 1.82) is 0 Å². The molecular formula is C10H19N. The number of allylic oxidation sites excluding steroid dienone is 1. The van der Waals surface area contributed by atoms with Crippen LogP contribution in [-0.4, -0.2) is 6.04 Å². The van der Waals surface area contributed by atoms with Gasteiger partial charge in [-0.05, 0) is 38.5 Å². The average molecular weight is 153 g/mol. The summed E-state index contributed by atoms with van der Waals surface area (Å²) < 4.78 is 0. The van der Waals surface area contributed by atoms with E-state index in [2.05, 4.69) is 19.9 Å². The summed E-state index contributed by atoms with van der Waals surface area (Å²) in [4.78, 5) is 0. The number of hydrogen-bond acceptors (Lipinski definition) is 1. The first-order valence-electron chi connectivity index (χ1n) is 4.62. The van der Waals surface area contributed by atoms with Gasteiger partial charge in [-0.1, -0.05) is 18.6 Å². The van der Waals surface area contributed by atoms with Crippen molar-refractivity contribution in [3.63, 3.8) is 0 Å². The lowest BCUT2D eigenvalue weighted by Crippen LogP contribution is -2.16. The highest BCUT2D eigenvalue weighted by molar-refractivity contribution is 5.07. The van der Waals surface area contributed by atoms with E-state index >= 15 is 0 Å². The maximum atomic E-state index is 5.72. The standard InChI is InChI=1S/C10H19N/c1-8-3-5-10(6-4-8)7-9(2)11/h5,8-9H,3-4,6-7,11H2,1-2H3. The molecule has 0 spiro atoms. The van der Waals surface area contributed by atoms with Crippen LogP contribution in [0, 0.1) is 5.92 Å². The van der Waals surface area contributed by atoms with E-state index in [1.807, 2.05) is 0 Å². The molecule has 1 rings (SSSR count). The number of hydrogen-bond donors (Lipinski definition) is 1. The summed E-state index contributed by atoms with van der Waals surface area (Å²) in [5, 5.41) is 0. The summed E-state index contributed by atoms with van der Waals surface area (Å²) in [6.45, 7) is 4.40. The first-order chi connectivity index (χ1) is 5.18. The van der Waals surface area contributed by atoms with Crippen molar-refractivity contribution < 1.29 is 0 Å². The lowest BCUT2D eigenvalue weighted by atomic mass is 9.88. The molecule has 2 atom stereocenters. The van der Waals surface area contributed by atoms with Gasteiger partial charge >= 0.3 is 0 Å². The van der Waals surface area contributed by atoms with Crippen LogP contribution in [0.15, 0.2) is 11.6 Å². The van der Waals surface area contributed by atoms with E-state index in [1.165, 1.54) is 19.3 Å². The number of nitrogens with two attached hydrogens (primary N) is 1. The van der Waals surface area contributed by atoms with Crippen molar-refractivity contribution in [3.8, 4) is 0 Å². The molecule has 0 bridgehead atoms. The lowest BCUT2D eigenvalue weighted by molar-refractivity contribution is 0.500. The zero-order valence-electron chi connectivity index (χ0n) is 7.64. The topological polar surface area (TPSA) is 26.0 Å². The van der Waals surface area contributed by atoms with Gasteiger partial charge in [0.1, 0.15) is 0 Å². The van der Waals surface area contributed by atoms with Crippen LogP contribution in [0.1, 0.15) is 39.5 Å². The van der Waals surface area contributed by atoms with Gasteiger partial charge in [0, 0.05) is 6.04 Å². The van der Waals surface area contributed by atoms with Gasteiger partial charge in [-0.3, -0.25) is 0 Å². The molecule has 0 fully saturated rings. The third kappa shape index (κ3) is 3.06. The van der Waals surface area contributed by atoms with E-state index in [-0.39, 0.29) is 0 Å². The van der Waals surface area contributed by atoms with Gasteiger partial charge in [-0.25, -0.2) is 0 Å². The molecule has 1 nitrogen and oxygen atoms in total. The Morgan fingerprint density at radius 3 is 2.91 bits per heavy atom. The normalized spacial score (nSPS) is 27.9. The van der Waals surface area contributed by atoms with Crippen molar-refractivity contribution in [2.45, 2.75) is 45.6 Å². The van der Waals surface area contributed by atoms with Gasteiger partial charge in [0.25, 0.3) is 0 Å². The minimum absolute atomic E-state index is 0.342. The molecule has 2 unspecified atom stereocenters. The Labute approximate surface area is 69.7 Å². The number of rotatable bonds is 2. The molecule has 0 heterocycles. The molecule has 0 radical (unpaired) electrons. The van der Waals surface area contributed by atoms with Crippen molar-refractivity contribution in [2.75, 3.05) is 0 Å². The summed E-state index contributed by atoms with van der Waals surface area (Å²) >= 11 is 0. The first-order valence-corrected chi connectivity index (χ1v) is 4.62. The molecule has 0 saturated heterocycles. The SMILES string of the molecule is CC(N)CC1=CCC(C)CC1. The van der Waals surface area contributed by atoms with E-state index < -0.39 is 0 Å². The molecule has 1 aliphatic rings. The van der Waals surface area contributed by atoms with E-state index in [0.29, 0.717) is 6.04 Å². The fourth-order valence-corrected chi connectivity index (χ4v) is 1.62. The van der Waals surface area contributed by atoms with Crippen LogP contribution in [0.5, 0.6) is 0 Å². The summed E-state index contributed by atoms with van der Waals surface area (Å²) in [6.07, 6.45) is 7.40. The molecule has 0 aliphatic heterocycles. The third-order valence-electron chi connectivity index (χ3n) is 2.35.